The van der Waals surface area contributed by atoms with Crippen molar-refractivity contribution < 1.29 is 22.4 Å². The molecular weight excluding hydrogens is 498 g/mol. The Kier molecular flexibility index (Phi) is 5.79. The van der Waals surface area contributed by atoms with Crippen LogP contribution in [0.1, 0.15) is 27.5 Å². The number of amides is 1. The molecule has 1 atom stereocenters. The zero-order chi connectivity index (χ0) is 26.6. The van der Waals surface area contributed by atoms with Gasteiger partial charge >= 0.3 is 6.18 Å². The van der Waals surface area contributed by atoms with Crippen LogP contribution in [0.4, 0.5) is 23.2 Å². The third-order valence-corrected chi connectivity index (χ3v) is 7.17. The topological polar surface area (TPSA) is 54.3 Å². The van der Waals surface area contributed by atoms with Crippen LogP contribution in [0, 0.1) is 0 Å². The van der Waals surface area contributed by atoms with Crippen LogP contribution in [0.5, 0.6) is 0 Å². The summed E-state index contributed by atoms with van der Waals surface area (Å²) < 4.78 is 58.0. The molecule has 194 valence electrons. The van der Waals surface area contributed by atoms with Gasteiger partial charge in [-0.25, -0.2) is 4.39 Å². The standard InChI is InChI=1S/C28H23F4N5O/c1-35-16-33-34-26(35)25-19(17-7-3-2-4-8-17)9-6-12-22(25)37-23(15-36-13-18(29)14-36)24-20(27(37)38)10-5-11-21(24)28(30,31)32/h2-12,16,18,23H,13-15H2,1H3. The normalized spacial score (nSPS) is 18.1. The number of anilines is 1. The first-order valence-electron chi connectivity index (χ1n) is 12.2. The third kappa shape index (κ3) is 3.96. The number of rotatable bonds is 5. The average molecular weight is 522 g/mol. The summed E-state index contributed by atoms with van der Waals surface area (Å²) in [6.45, 7) is 0.296. The molecule has 1 amide bonds. The molecule has 3 aromatic carbocycles. The molecule has 4 aromatic rings. The average Bonchev–Trinajstić information content (AvgIpc) is 3.43. The van der Waals surface area contributed by atoms with Crippen LogP contribution in [-0.4, -0.2) is 51.4 Å². The molecule has 38 heavy (non-hydrogen) atoms. The van der Waals surface area contributed by atoms with Gasteiger partial charge < -0.3 is 4.57 Å². The number of fused-ring (bicyclic) bond motifs is 1. The molecule has 0 radical (unpaired) electrons. The van der Waals surface area contributed by atoms with Crippen molar-refractivity contribution in [3.63, 3.8) is 0 Å². The molecule has 3 heterocycles. The highest BCUT2D eigenvalue weighted by Gasteiger charge is 2.47. The Morgan fingerprint density at radius 3 is 2.32 bits per heavy atom. The van der Waals surface area contributed by atoms with E-state index in [4.69, 9.17) is 0 Å². The summed E-state index contributed by atoms with van der Waals surface area (Å²) >= 11 is 0. The van der Waals surface area contributed by atoms with Crippen molar-refractivity contribution in [3.8, 4) is 22.5 Å². The molecule has 2 aliphatic rings. The Morgan fingerprint density at radius 2 is 1.66 bits per heavy atom. The Bertz CT molecular complexity index is 1510. The summed E-state index contributed by atoms with van der Waals surface area (Å²) in [5.41, 5.74) is 1.66. The minimum Gasteiger partial charge on any atom is -0.317 e. The number of alkyl halides is 4. The molecular formula is C28H23F4N5O. The van der Waals surface area contributed by atoms with Gasteiger partial charge in [0.1, 0.15) is 12.5 Å². The second-order valence-electron chi connectivity index (χ2n) is 9.60. The molecule has 1 unspecified atom stereocenters. The maximum atomic E-state index is 14.2. The minimum absolute atomic E-state index is 0.00354. The van der Waals surface area contributed by atoms with Crippen LogP contribution in [-0.2, 0) is 13.2 Å². The molecule has 10 heteroatoms. The smallest absolute Gasteiger partial charge is 0.317 e. The number of nitrogens with zero attached hydrogens (tertiary/aromatic N) is 5. The van der Waals surface area contributed by atoms with Gasteiger partial charge in [-0.3, -0.25) is 14.6 Å². The first kappa shape index (κ1) is 24.3. The van der Waals surface area contributed by atoms with Crippen molar-refractivity contribution >= 4 is 11.6 Å². The lowest BCUT2D eigenvalue weighted by atomic mass is 9.94. The van der Waals surface area contributed by atoms with E-state index in [1.165, 1.54) is 23.4 Å². The lowest BCUT2D eigenvalue weighted by Crippen LogP contribution is -2.51. The highest BCUT2D eigenvalue weighted by atomic mass is 19.4. The number of carbonyl (C=O) groups is 1. The van der Waals surface area contributed by atoms with Crippen molar-refractivity contribution in [2.24, 2.45) is 7.05 Å². The van der Waals surface area contributed by atoms with E-state index in [-0.39, 0.29) is 30.8 Å². The van der Waals surface area contributed by atoms with Crippen molar-refractivity contribution in [3.05, 3.63) is 89.7 Å². The molecule has 0 saturated carbocycles. The fourth-order valence-electron chi connectivity index (χ4n) is 5.45. The highest BCUT2D eigenvalue weighted by Crippen LogP contribution is 2.48. The van der Waals surface area contributed by atoms with E-state index >= 15 is 0 Å². The van der Waals surface area contributed by atoms with Crippen molar-refractivity contribution in [1.82, 2.24) is 19.7 Å². The molecule has 0 bridgehead atoms. The predicted octanol–water partition coefficient (Wildman–Crippen LogP) is 5.52. The van der Waals surface area contributed by atoms with E-state index < -0.39 is 29.9 Å². The summed E-state index contributed by atoms with van der Waals surface area (Å²) in [5, 5.41) is 8.31. The summed E-state index contributed by atoms with van der Waals surface area (Å²) in [6, 6.07) is 17.6. The monoisotopic (exact) mass is 521 g/mol. The SMILES string of the molecule is Cn1cnnc1-c1c(-c2ccccc2)cccc1N1C(=O)c2cccc(C(F)(F)F)c2C1CN1CC(F)C1. The first-order valence-corrected chi connectivity index (χ1v) is 12.2. The highest BCUT2D eigenvalue weighted by molar-refractivity contribution is 6.14. The maximum Gasteiger partial charge on any atom is 0.416 e. The number of hydrogen-bond donors (Lipinski definition) is 0. The Balaban J connectivity index is 1.58. The maximum absolute atomic E-state index is 14.2. The first-order chi connectivity index (χ1) is 18.2. The van der Waals surface area contributed by atoms with Crippen molar-refractivity contribution in [2.45, 2.75) is 18.4 Å². The fourth-order valence-corrected chi connectivity index (χ4v) is 5.45. The molecule has 6 nitrogen and oxygen atoms in total. The largest absolute Gasteiger partial charge is 0.416 e. The van der Waals surface area contributed by atoms with Gasteiger partial charge in [-0.05, 0) is 29.3 Å². The summed E-state index contributed by atoms with van der Waals surface area (Å²) in [4.78, 5) is 17.1. The number of likely N-dealkylation sites (tertiary alicyclic amines) is 1. The van der Waals surface area contributed by atoms with Gasteiger partial charge in [-0.15, -0.1) is 10.2 Å². The van der Waals surface area contributed by atoms with E-state index in [0.29, 0.717) is 17.1 Å². The third-order valence-electron chi connectivity index (χ3n) is 7.17. The van der Waals surface area contributed by atoms with Crippen LogP contribution in [0.3, 0.4) is 0 Å². The number of aromatic nitrogens is 3. The number of carbonyl (C=O) groups excluding carboxylic acids is 1. The number of halogens is 4. The summed E-state index contributed by atoms with van der Waals surface area (Å²) in [5.74, 6) is -0.0761. The van der Waals surface area contributed by atoms with E-state index in [2.05, 4.69) is 10.2 Å². The van der Waals surface area contributed by atoms with Crippen molar-refractivity contribution in [1.29, 1.82) is 0 Å². The Labute approximate surface area is 216 Å². The van der Waals surface area contributed by atoms with E-state index in [1.54, 1.807) is 28.6 Å². The van der Waals surface area contributed by atoms with Gasteiger partial charge in [-0.2, -0.15) is 13.2 Å². The summed E-state index contributed by atoms with van der Waals surface area (Å²) in [6.07, 6.45) is -4.16. The molecule has 1 fully saturated rings. The Morgan fingerprint density at radius 1 is 0.947 bits per heavy atom. The quantitative estimate of drug-likeness (QED) is 0.325. The Hall–Kier alpha value is -4.05. The van der Waals surface area contributed by atoms with Crippen LogP contribution in [0.2, 0.25) is 0 Å². The predicted molar refractivity (Wildman–Crippen MR) is 134 cm³/mol. The minimum atomic E-state index is -4.66. The van der Waals surface area contributed by atoms with Gasteiger partial charge in [0.15, 0.2) is 5.82 Å². The van der Waals surface area contributed by atoms with E-state index in [1.807, 2.05) is 36.4 Å². The molecule has 0 N–H and O–H groups in total. The van der Waals surface area contributed by atoms with Gasteiger partial charge in [0.2, 0.25) is 0 Å². The molecule has 1 saturated heterocycles. The molecule has 0 spiro atoms. The second-order valence-corrected chi connectivity index (χ2v) is 9.60. The lowest BCUT2D eigenvalue weighted by molar-refractivity contribution is -0.138. The molecule has 0 aliphatic carbocycles. The number of benzene rings is 3. The molecule has 6 rings (SSSR count). The lowest BCUT2D eigenvalue weighted by Gasteiger charge is -2.39. The fraction of sp³-hybridized carbons (Fsp3) is 0.250. The van der Waals surface area contributed by atoms with Crippen LogP contribution in [0.15, 0.2) is 73.1 Å². The van der Waals surface area contributed by atoms with E-state index in [9.17, 15) is 22.4 Å². The van der Waals surface area contributed by atoms with Crippen molar-refractivity contribution in [2.75, 3.05) is 24.5 Å². The second kappa shape index (κ2) is 9.05. The van der Waals surface area contributed by atoms with Gasteiger partial charge in [0.25, 0.3) is 5.91 Å². The van der Waals surface area contributed by atoms with Crippen LogP contribution in [0.25, 0.3) is 22.5 Å². The van der Waals surface area contributed by atoms with Crippen LogP contribution < -0.4 is 4.90 Å². The van der Waals surface area contributed by atoms with E-state index in [0.717, 1.165) is 17.2 Å². The van der Waals surface area contributed by atoms with Gasteiger partial charge in [-0.1, -0.05) is 48.5 Å². The van der Waals surface area contributed by atoms with Gasteiger partial charge in [0, 0.05) is 37.8 Å². The zero-order valence-corrected chi connectivity index (χ0v) is 20.4. The number of hydrogen-bond acceptors (Lipinski definition) is 4. The number of aryl methyl sites for hydroxylation is 1. The molecule has 1 aromatic heterocycles. The van der Waals surface area contributed by atoms with Gasteiger partial charge in [0.05, 0.1) is 22.9 Å². The molecule has 2 aliphatic heterocycles. The summed E-state index contributed by atoms with van der Waals surface area (Å²) in [7, 11) is 1.77. The zero-order valence-electron chi connectivity index (χ0n) is 20.4. The van der Waals surface area contributed by atoms with Crippen LogP contribution >= 0.6 is 0 Å².